The molecule has 6 nitrogen and oxygen atoms in total. The van der Waals surface area contributed by atoms with Gasteiger partial charge in [-0.2, -0.15) is 0 Å². The van der Waals surface area contributed by atoms with E-state index in [1.807, 2.05) is 41.3 Å². The Morgan fingerprint density at radius 1 is 0.808 bits per heavy atom. The van der Waals surface area contributed by atoms with Gasteiger partial charge in [-0.05, 0) is 24.3 Å². The van der Waals surface area contributed by atoms with E-state index in [1.54, 1.807) is 0 Å². The summed E-state index contributed by atoms with van der Waals surface area (Å²) in [6.45, 7) is 6.19. The Morgan fingerprint density at radius 3 is 2.27 bits per heavy atom. The summed E-state index contributed by atoms with van der Waals surface area (Å²) in [5.41, 5.74) is 1.74. The number of carbonyl (C=O) groups is 1. The summed E-state index contributed by atoms with van der Waals surface area (Å²) >= 11 is 0. The standard InChI is InChI=1S/C20H24N4O2/c25-20(18-7-4-8-19(21-18)23-13-15-26-16-14-23)24-11-9-22(10-12-24)17-5-2-1-3-6-17/h1-8H,9-16H2. The van der Waals surface area contributed by atoms with Crippen LogP contribution in [-0.4, -0.2) is 68.3 Å². The molecule has 2 aliphatic heterocycles. The summed E-state index contributed by atoms with van der Waals surface area (Å²) in [7, 11) is 0. The van der Waals surface area contributed by atoms with Gasteiger partial charge in [0.25, 0.3) is 5.91 Å². The molecule has 0 bridgehead atoms. The molecule has 2 aliphatic rings. The average Bonchev–Trinajstić information content (AvgIpc) is 2.75. The highest BCUT2D eigenvalue weighted by atomic mass is 16.5. The lowest BCUT2D eigenvalue weighted by Gasteiger charge is -2.36. The third-order valence-electron chi connectivity index (χ3n) is 4.98. The molecule has 2 saturated heterocycles. The van der Waals surface area contributed by atoms with Gasteiger partial charge in [-0.15, -0.1) is 0 Å². The number of rotatable bonds is 3. The Kier molecular flexibility index (Phi) is 5.02. The molecule has 4 rings (SSSR count). The predicted octanol–water partition coefficient (Wildman–Crippen LogP) is 1.88. The van der Waals surface area contributed by atoms with Gasteiger partial charge in [-0.1, -0.05) is 24.3 Å². The van der Waals surface area contributed by atoms with Crippen molar-refractivity contribution in [1.29, 1.82) is 0 Å². The molecule has 0 aliphatic carbocycles. The summed E-state index contributed by atoms with van der Waals surface area (Å²) in [5, 5.41) is 0. The van der Waals surface area contributed by atoms with Gasteiger partial charge >= 0.3 is 0 Å². The fourth-order valence-electron chi connectivity index (χ4n) is 3.48. The third kappa shape index (κ3) is 3.65. The molecule has 0 unspecified atom stereocenters. The SMILES string of the molecule is O=C(c1cccc(N2CCOCC2)n1)N1CCN(c2ccccc2)CC1. The number of para-hydroxylation sites is 1. The molecule has 1 aromatic heterocycles. The van der Waals surface area contributed by atoms with Crippen LogP contribution in [0.1, 0.15) is 10.5 Å². The van der Waals surface area contributed by atoms with E-state index in [1.165, 1.54) is 5.69 Å². The normalized spacial score (nSPS) is 18.1. The second-order valence-corrected chi connectivity index (χ2v) is 6.60. The summed E-state index contributed by atoms with van der Waals surface area (Å²) in [6.07, 6.45) is 0. The molecule has 2 aromatic rings. The molecule has 1 aromatic carbocycles. The van der Waals surface area contributed by atoms with Gasteiger partial charge in [-0.25, -0.2) is 4.98 Å². The average molecular weight is 352 g/mol. The lowest BCUT2D eigenvalue weighted by atomic mass is 10.2. The smallest absolute Gasteiger partial charge is 0.272 e. The maximum absolute atomic E-state index is 12.9. The number of pyridine rings is 1. The van der Waals surface area contributed by atoms with E-state index in [-0.39, 0.29) is 5.91 Å². The molecule has 0 N–H and O–H groups in total. The molecule has 0 radical (unpaired) electrons. The fourth-order valence-corrected chi connectivity index (χ4v) is 3.48. The zero-order valence-electron chi connectivity index (χ0n) is 14.9. The first kappa shape index (κ1) is 16.8. The van der Waals surface area contributed by atoms with Crippen molar-refractivity contribution < 1.29 is 9.53 Å². The van der Waals surface area contributed by atoms with E-state index in [0.717, 1.165) is 45.1 Å². The highest BCUT2D eigenvalue weighted by Crippen LogP contribution is 2.18. The number of piperazine rings is 1. The minimum absolute atomic E-state index is 0.0211. The molecule has 1 amide bonds. The topological polar surface area (TPSA) is 48.9 Å². The van der Waals surface area contributed by atoms with Gasteiger partial charge in [0.2, 0.25) is 0 Å². The van der Waals surface area contributed by atoms with Crippen molar-refractivity contribution in [2.45, 2.75) is 0 Å². The van der Waals surface area contributed by atoms with E-state index in [4.69, 9.17) is 4.74 Å². The minimum atomic E-state index is 0.0211. The van der Waals surface area contributed by atoms with Gasteiger partial charge < -0.3 is 19.4 Å². The van der Waals surface area contributed by atoms with E-state index in [0.29, 0.717) is 18.9 Å². The van der Waals surface area contributed by atoms with Crippen LogP contribution >= 0.6 is 0 Å². The van der Waals surface area contributed by atoms with Crippen molar-refractivity contribution in [3.05, 3.63) is 54.2 Å². The molecular weight excluding hydrogens is 328 g/mol. The molecule has 3 heterocycles. The number of hydrogen-bond donors (Lipinski definition) is 0. The van der Waals surface area contributed by atoms with Crippen molar-refractivity contribution in [3.8, 4) is 0 Å². The Balaban J connectivity index is 1.40. The number of ether oxygens (including phenoxy) is 1. The minimum Gasteiger partial charge on any atom is -0.378 e. The highest BCUT2D eigenvalue weighted by molar-refractivity contribution is 5.92. The maximum Gasteiger partial charge on any atom is 0.272 e. The van der Waals surface area contributed by atoms with E-state index in [2.05, 4.69) is 26.9 Å². The first-order valence-corrected chi connectivity index (χ1v) is 9.20. The Hall–Kier alpha value is -2.60. The van der Waals surface area contributed by atoms with Crippen LogP contribution in [0.2, 0.25) is 0 Å². The van der Waals surface area contributed by atoms with Crippen LogP contribution in [0.4, 0.5) is 11.5 Å². The maximum atomic E-state index is 12.9. The summed E-state index contributed by atoms with van der Waals surface area (Å²) in [5.74, 6) is 0.884. The number of morpholine rings is 1. The van der Waals surface area contributed by atoms with Crippen LogP contribution in [0.5, 0.6) is 0 Å². The number of amides is 1. The second-order valence-electron chi connectivity index (χ2n) is 6.60. The summed E-state index contributed by atoms with van der Waals surface area (Å²) in [6, 6.07) is 16.1. The molecule has 6 heteroatoms. The number of anilines is 2. The molecule has 136 valence electrons. The monoisotopic (exact) mass is 352 g/mol. The van der Waals surface area contributed by atoms with Crippen molar-refractivity contribution in [2.24, 2.45) is 0 Å². The van der Waals surface area contributed by atoms with Crippen molar-refractivity contribution in [1.82, 2.24) is 9.88 Å². The molecule has 0 spiro atoms. The van der Waals surface area contributed by atoms with Crippen LogP contribution in [0, 0.1) is 0 Å². The van der Waals surface area contributed by atoms with E-state index >= 15 is 0 Å². The number of nitrogens with zero attached hydrogens (tertiary/aromatic N) is 4. The quantitative estimate of drug-likeness (QED) is 0.844. The summed E-state index contributed by atoms with van der Waals surface area (Å²) in [4.78, 5) is 23.9. The van der Waals surface area contributed by atoms with Crippen LogP contribution in [-0.2, 0) is 4.74 Å². The number of aromatic nitrogens is 1. The van der Waals surface area contributed by atoms with Crippen LogP contribution < -0.4 is 9.80 Å². The van der Waals surface area contributed by atoms with Crippen LogP contribution in [0.25, 0.3) is 0 Å². The largest absolute Gasteiger partial charge is 0.378 e. The first-order chi connectivity index (χ1) is 12.8. The molecule has 2 fully saturated rings. The molecule has 0 saturated carbocycles. The lowest BCUT2D eigenvalue weighted by Crippen LogP contribution is -2.49. The molecular formula is C20H24N4O2. The Labute approximate surface area is 154 Å². The lowest BCUT2D eigenvalue weighted by molar-refractivity contribution is 0.0741. The van der Waals surface area contributed by atoms with Crippen molar-refractivity contribution >= 4 is 17.4 Å². The highest BCUT2D eigenvalue weighted by Gasteiger charge is 2.24. The van der Waals surface area contributed by atoms with Crippen molar-refractivity contribution in [2.75, 3.05) is 62.3 Å². The number of carbonyl (C=O) groups excluding carboxylic acids is 1. The second kappa shape index (κ2) is 7.74. The zero-order chi connectivity index (χ0) is 17.8. The van der Waals surface area contributed by atoms with Gasteiger partial charge in [0.05, 0.1) is 13.2 Å². The summed E-state index contributed by atoms with van der Waals surface area (Å²) < 4.78 is 5.39. The molecule has 0 atom stereocenters. The van der Waals surface area contributed by atoms with Crippen LogP contribution in [0.3, 0.4) is 0 Å². The fraction of sp³-hybridized carbons (Fsp3) is 0.400. The van der Waals surface area contributed by atoms with Gasteiger partial charge in [0.1, 0.15) is 11.5 Å². The number of benzene rings is 1. The predicted molar refractivity (Wildman–Crippen MR) is 102 cm³/mol. The Morgan fingerprint density at radius 2 is 1.54 bits per heavy atom. The van der Waals surface area contributed by atoms with Crippen LogP contribution in [0.15, 0.2) is 48.5 Å². The Bertz CT molecular complexity index is 738. The van der Waals surface area contributed by atoms with E-state index in [9.17, 15) is 4.79 Å². The van der Waals surface area contributed by atoms with Crippen molar-refractivity contribution in [3.63, 3.8) is 0 Å². The van der Waals surface area contributed by atoms with Gasteiger partial charge in [0, 0.05) is 45.0 Å². The van der Waals surface area contributed by atoms with E-state index < -0.39 is 0 Å². The number of hydrogen-bond acceptors (Lipinski definition) is 5. The first-order valence-electron chi connectivity index (χ1n) is 9.20. The molecule has 26 heavy (non-hydrogen) atoms. The zero-order valence-corrected chi connectivity index (χ0v) is 14.9. The van der Waals surface area contributed by atoms with Gasteiger partial charge in [0.15, 0.2) is 0 Å². The van der Waals surface area contributed by atoms with Gasteiger partial charge in [-0.3, -0.25) is 4.79 Å². The third-order valence-corrected chi connectivity index (χ3v) is 4.98.